The summed E-state index contributed by atoms with van der Waals surface area (Å²) in [4.78, 5) is 19.7. The minimum absolute atomic E-state index is 0.0125. The van der Waals surface area contributed by atoms with E-state index in [9.17, 15) is 4.79 Å². The molecule has 2 aromatic heterocycles. The Balaban J connectivity index is 1.43. The normalized spacial score (nSPS) is 24.9. The van der Waals surface area contributed by atoms with E-state index in [0.717, 1.165) is 59.6 Å². The number of hydrogen-bond acceptors (Lipinski definition) is 6. The highest BCUT2D eigenvalue weighted by Crippen LogP contribution is 2.31. The number of nitrogens with zero attached hydrogens (tertiary/aromatic N) is 3. The molecule has 3 aromatic rings. The van der Waals surface area contributed by atoms with Crippen molar-refractivity contribution >= 4 is 28.2 Å². The summed E-state index contributed by atoms with van der Waals surface area (Å²) in [5.41, 5.74) is 3.20. The van der Waals surface area contributed by atoms with E-state index in [1.54, 1.807) is 11.3 Å². The largest absolute Gasteiger partial charge is 0.456 e. The number of H-pyrrole nitrogens is 1. The van der Waals surface area contributed by atoms with Gasteiger partial charge in [0.05, 0.1) is 5.52 Å². The zero-order valence-electron chi connectivity index (χ0n) is 14.6. The molecular weight excluding hydrogens is 348 g/mol. The summed E-state index contributed by atoms with van der Waals surface area (Å²) in [6.07, 6.45) is 2.22. The van der Waals surface area contributed by atoms with Crippen LogP contribution in [-0.2, 0) is 4.74 Å². The third-order valence-electron chi connectivity index (χ3n) is 5.48. The van der Waals surface area contributed by atoms with Crippen molar-refractivity contribution < 1.29 is 9.53 Å². The first-order chi connectivity index (χ1) is 12.7. The molecule has 3 saturated heterocycles. The fraction of sp³-hybridized carbons (Fsp3) is 0.421. The summed E-state index contributed by atoms with van der Waals surface area (Å²) in [6, 6.07) is 5.92. The fourth-order valence-electron chi connectivity index (χ4n) is 4.03. The first kappa shape index (κ1) is 16.0. The summed E-state index contributed by atoms with van der Waals surface area (Å²) in [5.74, 6) is 0.158. The van der Waals surface area contributed by atoms with Crippen molar-refractivity contribution in [3.05, 3.63) is 35.0 Å². The number of thiazole rings is 1. The van der Waals surface area contributed by atoms with Crippen LogP contribution in [0.3, 0.4) is 0 Å². The van der Waals surface area contributed by atoms with Crippen molar-refractivity contribution in [2.24, 2.45) is 5.92 Å². The molecule has 134 valence electrons. The number of esters is 1. The molecule has 7 heteroatoms. The van der Waals surface area contributed by atoms with Gasteiger partial charge >= 0.3 is 5.97 Å². The number of rotatable bonds is 3. The molecule has 1 atom stereocenters. The summed E-state index contributed by atoms with van der Waals surface area (Å²) in [5, 5.41) is 10.9. The Labute approximate surface area is 155 Å². The molecule has 1 aromatic carbocycles. The van der Waals surface area contributed by atoms with E-state index >= 15 is 0 Å². The van der Waals surface area contributed by atoms with Crippen LogP contribution in [0, 0.1) is 12.8 Å². The Bertz CT molecular complexity index is 971. The van der Waals surface area contributed by atoms with Crippen LogP contribution in [-0.4, -0.2) is 51.8 Å². The lowest BCUT2D eigenvalue weighted by molar-refractivity contribution is -0.0458. The van der Waals surface area contributed by atoms with E-state index in [0.29, 0.717) is 11.6 Å². The molecule has 0 amide bonds. The van der Waals surface area contributed by atoms with E-state index in [4.69, 9.17) is 4.74 Å². The van der Waals surface area contributed by atoms with Crippen LogP contribution in [0.2, 0.25) is 0 Å². The molecule has 5 heterocycles. The second-order valence-corrected chi connectivity index (χ2v) is 8.07. The second kappa shape index (κ2) is 6.17. The number of hydrogen-bond donors (Lipinski definition) is 1. The molecule has 6 nitrogen and oxygen atoms in total. The van der Waals surface area contributed by atoms with Crippen LogP contribution in [0.25, 0.3) is 21.5 Å². The molecule has 3 aliphatic heterocycles. The average molecular weight is 368 g/mol. The van der Waals surface area contributed by atoms with Crippen LogP contribution in [0.4, 0.5) is 0 Å². The van der Waals surface area contributed by atoms with Crippen molar-refractivity contribution in [1.29, 1.82) is 0 Å². The van der Waals surface area contributed by atoms with Gasteiger partial charge in [0, 0.05) is 28.6 Å². The standard InChI is InChI=1S/C19H20N4O2S/c1-11-10-26-18(20-11)13-2-3-15-14(8-13)17(22-21-15)19(24)25-16-9-23-6-4-12(16)5-7-23/h2-3,8,10,12,16H,4-7,9H2,1H3,(H,21,22)/t16-/m1/s1. The van der Waals surface area contributed by atoms with Gasteiger partial charge in [-0.05, 0) is 57.0 Å². The van der Waals surface area contributed by atoms with E-state index in [1.807, 2.05) is 30.5 Å². The lowest BCUT2D eigenvalue weighted by Gasteiger charge is -2.43. The third-order valence-corrected chi connectivity index (χ3v) is 6.49. The maximum Gasteiger partial charge on any atom is 0.359 e. The van der Waals surface area contributed by atoms with Crippen molar-refractivity contribution in [1.82, 2.24) is 20.1 Å². The van der Waals surface area contributed by atoms with Crippen LogP contribution in [0.15, 0.2) is 23.6 Å². The Hall–Kier alpha value is -2.25. The minimum Gasteiger partial charge on any atom is -0.456 e. The van der Waals surface area contributed by atoms with Crippen molar-refractivity contribution in [2.75, 3.05) is 19.6 Å². The van der Waals surface area contributed by atoms with E-state index in [2.05, 4.69) is 20.1 Å². The number of nitrogens with one attached hydrogen (secondary N) is 1. The highest BCUT2D eigenvalue weighted by atomic mass is 32.1. The van der Waals surface area contributed by atoms with Gasteiger partial charge in [-0.2, -0.15) is 5.10 Å². The Kier molecular flexibility index (Phi) is 3.79. The van der Waals surface area contributed by atoms with Crippen molar-refractivity contribution in [2.45, 2.75) is 25.9 Å². The number of fused-ring (bicyclic) bond motifs is 4. The maximum absolute atomic E-state index is 12.8. The van der Waals surface area contributed by atoms with E-state index in [1.165, 1.54) is 0 Å². The first-order valence-electron chi connectivity index (χ1n) is 9.01. The maximum atomic E-state index is 12.8. The molecule has 0 radical (unpaired) electrons. The number of aromatic nitrogens is 3. The van der Waals surface area contributed by atoms with Crippen molar-refractivity contribution in [3.8, 4) is 10.6 Å². The van der Waals surface area contributed by atoms with Crippen LogP contribution >= 0.6 is 11.3 Å². The number of carbonyl (C=O) groups excluding carboxylic acids is 1. The van der Waals surface area contributed by atoms with Crippen molar-refractivity contribution in [3.63, 3.8) is 0 Å². The van der Waals surface area contributed by atoms with Gasteiger partial charge in [0.1, 0.15) is 11.1 Å². The molecule has 3 fully saturated rings. The molecule has 6 rings (SSSR count). The van der Waals surface area contributed by atoms with E-state index in [-0.39, 0.29) is 12.1 Å². The summed E-state index contributed by atoms with van der Waals surface area (Å²) in [6.45, 7) is 5.08. The van der Waals surface area contributed by atoms with Gasteiger partial charge in [-0.25, -0.2) is 9.78 Å². The lowest BCUT2D eigenvalue weighted by Crippen LogP contribution is -2.51. The fourth-order valence-corrected chi connectivity index (χ4v) is 4.82. The van der Waals surface area contributed by atoms with Gasteiger partial charge in [0.25, 0.3) is 0 Å². The molecule has 0 aliphatic carbocycles. The number of aromatic amines is 1. The summed E-state index contributed by atoms with van der Waals surface area (Å²) < 4.78 is 5.85. The number of aryl methyl sites for hydroxylation is 1. The minimum atomic E-state index is -0.331. The number of ether oxygens (including phenoxy) is 1. The molecule has 0 spiro atoms. The summed E-state index contributed by atoms with van der Waals surface area (Å²) in [7, 11) is 0. The zero-order chi connectivity index (χ0) is 17.7. The van der Waals surface area contributed by atoms with Crippen LogP contribution in [0.1, 0.15) is 29.0 Å². The Morgan fingerprint density at radius 2 is 2.19 bits per heavy atom. The molecule has 0 unspecified atom stereocenters. The third kappa shape index (κ3) is 2.71. The average Bonchev–Trinajstić information content (AvgIpc) is 3.28. The van der Waals surface area contributed by atoms with Gasteiger partial charge in [0.15, 0.2) is 5.69 Å². The lowest BCUT2D eigenvalue weighted by atomic mass is 9.86. The van der Waals surface area contributed by atoms with Gasteiger partial charge in [0.2, 0.25) is 0 Å². The topological polar surface area (TPSA) is 71.1 Å². The SMILES string of the molecule is Cc1csc(-c2ccc3[nH]nc(C(=O)O[C@@H]4CN5CCC4CC5)c3c2)n1. The van der Waals surface area contributed by atoms with Gasteiger partial charge in [-0.1, -0.05) is 0 Å². The first-order valence-corrected chi connectivity index (χ1v) is 9.89. The summed E-state index contributed by atoms with van der Waals surface area (Å²) >= 11 is 1.60. The molecular formula is C19H20N4O2S. The molecule has 2 bridgehead atoms. The second-order valence-electron chi connectivity index (χ2n) is 7.21. The Morgan fingerprint density at radius 3 is 2.88 bits per heavy atom. The highest BCUT2D eigenvalue weighted by molar-refractivity contribution is 7.13. The predicted molar refractivity (Wildman–Crippen MR) is 100 cm³/mol. The zero-order valence-corrected chi connectivity index (χ0v) is 15.4. The predicted octanol–water partition coefficient (Wildman–Crippen LogP) is 3.25. The molecule has 26 heavy (non-hydrogen) atoms. The van der Waals surface area contributed by atoms with Crippen LogP contribution < -0.4 is 0 Å². The number of benzene rings is 1. The molecule has 1 N–H and O–H groups in total. The number of carbonyl (C=O) groups is 1. The van der Waals surface area contributed by atoms with E-state index < -0.39 is 0 Å². The van der Waals surface area contributed by atoms with Crippen LogP contribution in [0.5, 0.6) is 0 Å². The molecule has 3 aliphatic rings. The number of piperidine rings is 3. The quantitative estimate of drug-likeness (QED) is 0.719. The van der Waals surface area contributed by atoms with Gasteiger partial charge < -0.3 is 4.74 Å². The monoisotopic (exact) mass is 368 g/mol. The van der Waals surface area contributed by atoms with Gasteiger partial charge in [-0.3, -0.25) is 10.00 Å². The Morgan fingerprint density at radius 1 is 1.35 bits per heavy atom. The van der Waals surface area contributed by atoms with Gasteiger partial charge in [-0.15, -0.1) is 11.3 Å². The molecule has 0 saturated carbocycles. The highest BCUT2D eigenvalue weighted by Gasteiger charge is 2.37. The smallest absolute Gasteiger partial charge is 0.359 e.